The fourth-order valence-electron chi connectivity index (χ4n) is 2.73. The first kappa shape index (κ1) is 14.9. The maximum atomic E-state index is 10.1. The van der Waals surface area contributed by atoms with E-state index in [1.807, 2.05) is 18.2 Å². The number of hydrogen-bond acceptors (Lipinski definition) is 5. The first-order chi connectivity index (χ1) is 10.8. The van der Waals surface area contributed by atoms with E-state index in [9.17, 15) is 5.11 Å². The van der Waals surface area contributed by atoms with Crippen molar-refractivity contribution in [3.05, 3.63) is 47.9 Å². The van der Waals surface area contributed by atoms with Crippen LogP contribution in [0.1, 0.15) is 36.3 Å². The van der Waals surface area contributed by atoms with Crippen LogP contribution in [-0.2, 0) is 0 Å². The van der Waals surface area contributed by atoms with Gasteiger partial charge in [0.15, 0.2) is 0 Å². The largest absolute Gasteiger partial charge is 0.497 e. The molecule has 0 saturated heterocycles. The van der Waals surface area contributed by atoms with Crippen molar-refractivity contribution in [1.29, 1.82) is 0 Å². The van der Waals surface area contributed by atoms with Crippen molar-refractivity contribution in [2.45, 2.75) is 25.0 Å². The molecule has 0 radical (unpaired) electrons. The van der Waals surface area contributed by atoms with Crippen LogP contribution in [0.4, 0.5) is 0 Å². The van der Waals surface area contributed by atoms with Crippen LogP contribution in [0.3, 0.4) is 0 Å². The van der Waals surface area contributed by atoms with Gasteiger partial charge in [-0.2, -0.15) is 0 Å². The lowest BCUT2D eigenvalue weighted by Crippen LogP contribution is -2.26. The van der Waals surface area contributed by atoms with Gasteiger partial charge in [0, 0.05) is 18.2 Å². The predicted molar refractivity (Wildman–Crippen MR) is 82.1 cm³/mol. The van der Waals surface area contributed by atoms with Crippen LogP contribution >= 0.6 is 0 Å². The summed E-state index contributed by atoms with van der Waals surface area (Å²) in [5, 5.41) is 13.6. The smallest absolute Gasteiger partial charge is 0.133 e. The van der Waals surface area contributed by atoms with Gasteiger partial charge in [-0.15, -0.1) is 0 Å². The molecule has 5 nitrogen and oxygen atoms in total. The Morgan fingerprint density at radius 2 is 2.32 bits per heavy atom. The Labute approximate surface area is 129 Å². The van der Waals surface area contributed by atoms with E-state index in [1.54, 1.807) is 25.5 Å². The van der Waals surface area contributed by atoms with Gasteiger partial charge < -0.3 is 24.3 Å². The number of benzene rings is 1. The fraction of sp³-hybridized carbons (Fsp3) is 0.412. The second kappa shape index (κ2) is 6.85. The molecular weight excluding hydrogens is 282 g/mol. The van der Waals surface area contributed by atoms with Crippen molar-refractivity contribution in [2.75, 3.05) is 20.3 Å². The molecule has 5 heteroatoms. The normalized spacial score (nSPS) is 18.9. The minimum Gasteiger partial charge on any atom is -0.497 e. The van der Waals surface area contributed by atoms with Crippen LogP contribution in [0.2, 0.25) is 0 Å². The number of rotatable bonds is 5. The molecule has 0 spiro atoms. The number of nitrogens with one attached hydrogen (secondary N) is 1. The van der Waals surface area contributed by atoms with Crippen molar-refractivity contribution in [2.24, 2.45) is 0 Å². The van der Waals surface area contributed by atoms with Gasteiger partial charge in [-0.05, 0) is 43.2 Å². The van der Waals surface area contributed by atoms with Gasteiger partial charge >= 0.3 is 0 Å². The van der Waals surface area contributed by atoms with Crippen LogP contribution in [-0.4, -0.2) is 25.4 Å². The van der Waals surface area contributed by atoms with Gasteiger partial charge in [-0.1, -0.05) is 0 Å². The van der Waals surface area contributed by atoms with Gasteiger partial charge in [-0.3, -0.25) is 0 Å². The highest BCUT2D eigenvalue weighted by atomic mass is 16.5. The summed E-state index contributed by atoms with van der Waals surface area (Å²) in [5.74, 6) is 2.26. The molecule has 0 aliphatic carbocycles. The van der Waals surface area contributed by atoms with E-state index in [0.717, 1.165) is 29.9 Å². The lowest BCUT2D eigenvalue weighted by atomic mass is 10.0. The van der Waals surface area contributed by atoms with Crippen LogP contribution in [0.5, 0.6) is 11.5 Å². The molecule has 1 aliphatic heterocycles. The molecular formula is C17H21NO4. The van der Waals surface area contributed by atoms with E-state index in [4.69, 9.17) is 13.9 Å². The Kier molecular flexibility index (Phi) is 4.65. The van der Waals surface area contributed by atoms with Crippen LogP contribution < -0.4 is 14.8 Å². The lowest BCUT2D eigenvalue weighted by Gasteiger charge is -2.20. The summed E-state index contributed by atoms with van der Waals surface area (Å²) >= 11 is 0. The summed E-state index contributed by atoms with van der Waals surface area (Å²) in [6.45, 7) is 1.13. The molecule has 0 bridgehead atoms. The van der Waals surface area contributed by atoms with E-state index in [2.05, 4.69) is 5.32 Å². The quantitative estimate of drug-likeness (QED) is 0.889. The van der Waals surface area contributed by atoms with Crippen molar-refractivity contribution < 1.29 is 19.0 Å². The van der Waals surface area contributed by atoms with Gasteiger partial charge in [0.1, 0.15) is 23.4 Å². The third-order valence-electron chi connectivity index (χ3n) is 3.92. The molecule has 2 atom stereocenters. The lowest BCUT2D eigenvalue weighted by molar-refractivity contribution is 0.142. The third-order valence-corrected chi connectivity index (χ3v) is 3.92. The molecule has 3 rings (SSSR count). The number of aliphatic hydroxyl groups is 1. The molecule has 0 amide bonds. The molecule has 0 fully saturated rings. The minimum absolute atomic E-state index is 0.122. The molecule has 1 aromatic heterocycles. The van der Waals surface area contributed by atoms with Crippen molar-refractivity contribution in [3.63, 3.8) is 0 Å². The van der Waals surface area contributed by atoms with Gasteiger partial charge in [0.25, 0.3) is 0 Å². The maximum absolute atomic E-state index is 10.1. The highest BCUT2D eigenvalue weighted by molar-refractivity contribution is 5.42. The Bertz CT molecular complexity index is 597. The predicted octanol–water partition coefficient (Wildman–Crippen LogP) is 2.83. The second-order valence-electron chi connectivity index (χ2n) is 5.39. The zero-order valence-electron chi connectivity index (χ0n) is 12.6. The molecule has 1 aromatic carbocycles. The summed E-state index contributed by atoms with van der Waals surface area (Å²) in [5.41, 5.74) is 1.07. The van der Waals surface area contributed by atoms with E-state index in [0.29, 0.717) is 18.9 Å². The monoisotopic (exact) mass is 303 g/mol. The summed E-state index contributed by atoms with van der Waals surface area (Å²) < 4.78 is 16.3. The Morgan fingerprint density at radius 1 is 1.41 bits per heavy atom. The zero-order valence-corrected chi connectivity index (χ0v) is 12.6. The van der Waals surface area contributed by atoms with E-state index in [1.165, 1.54) is 0 Å². The summed E-state index contributed by atoms with van der Waals surface area (Å²) in [7, 11) is 1.66. The fourth-order valence-corrected chi connectivity index (χ4v) is 2.73. The first-order valence-electron chi connectivity index (χ1n) is 7.53. The van der Waals surface area contributed by atoms with E-state index >= 15 is 0 Å². The van der Waals surface area contributed by atoms with E-state index < -0.39 is 6.10 Å². The number of fused-ring (bicyclic) bond motifs is 1. The van der Waals surface area contributed by atoms with Gasteiger partial charge in [0.2, 0.25) is 0 Å². The molecule has 2 unspecified atom stereocenters. The molecule has 2 heterocycles. The highest BCUT2D eigenvalue weighted by Crippen LogP contribution is 2.34. The second-order valence-corrected chi connectivity index (χ2v) is 5.39. The molecule has 0 saturated carbocycles. The average molecular weight is 303 g/mol. The number of hydrogen-bond donors (Lipinski definition) is 2. The standard InChI is InChI=1S/C17H21NO4/c1-20-12-6-7-16-13(10-12)14(4-2-8-21-16)18-11-15(19)17-5-3-9-22-17/h3,5-7,9-10,14-15,18-19H,2,4,8,11H2,1H3. The number of methoxy groups -OCH3 is 1. The topological polar surface area (TPSA) is 63.9 Å². The Balaban J connectivity index is 1.73. The molecule has 118 valence electrons. The van der Waals surface area contributed by atoms with Crippen molar-refractivity contribution in [1.82, 2.24) is 5.32 Å². The first-order valence-corrected chi connectivity index (χ1v) is 7.53. The van der Waals surface area contributed by atoms with Gasteiger partial charge in [-0.25, -0.2) is 0 Å². The number of aliphatic hydroxyl groups excluding tert-OH is 1. The van der Waals surface area contributed by atoms with E-state index in [-0.39, 0.29) is 6.04 Å². The summed E-state index contributed by atoms with van der Waals surface area (Å²) in [6, 6.07) is 9.52. The molecule has 1 aliphatic rings. The van der Waals surface area contributed by atoms with Crippen LogP contribution in [0, 0.1) is 0 Å². The number of ether oxygens (including phenoxy) is 2. The Hall–Kier alpha value is -1.98. The zero-order chi connectivity index (χ0) is 15.4. The number of furan rings is 1. The van der Waals surface area contributed by atoms with Crippen LogP contribution in [0.15, 0.2) is 41.0 Å². The van der Waals surface area contributed by atoms with Crippen LogP contribution in [0.25, 0.3) is 0 Å². The van der Waals surface area contributed by atoms with Crippen molar-refractivity contribution >= 4 is 0 Å². The molecule has 2 aromatic rings. The van der Waals surface area contributed by atoms with Crippen molar-refractivity contribution in [3.8, 4) is 11.5 Å². The molecule has 2 N–H and O–H groups in total. The summed E-state index contributed by atoms with van der Waals surface area (Å²) in [6.07, 6.45) is 2.82. The third kappa shape index (κ3) is 3.26. The Morgan fingerprint density at radius 3 is 3.09 bits per heavy atom. The average Bonchev–Trinajstić information content (AvgIpc) is 3.01. The highest BCUT2D eigenvalue weighted by Gasteiger charge is 2.21. The molecule has 22 heavy (non-hydrogen) atoms. The maximum Gasteiger partial charge on any atom is 0.133 e. The van der Waals surface area contributed by atoms with Gasteiger partial charge in [0.05, 0.1) is 20.0 Å². The minimum atomic E-state index is -0.659. The summed E-state index contributed by atoms with van der Waals surface area (Å²) in [4.78, 5) is 0. The SMILES string of the molecule is COc1ccc2c(c1)C(NCC(O)c1ccco1)CCCO2.